The molecule has 1 atom stereocenters. The maximum Gasteiger partial charge on any atom is 0.217 e. The Kier molecular flexibility index (Phi) is 5.97. The van der Waals surface area contributed by atoms with Gasteiger partial charge in [0.25, 0.3) is 0 Å². The summed E-state index contributed by atoms with van der Waals surface area (Å²) in [6.45, 7) is 7.98. The van der Waals surface area contributed by atoms with Crippen molar-refractivity contribution in [1.82, 2.24) is 24.2 Å². The molecule has 1 unspecified atom stereocenters. The van der Waals surface area contributed by atoms with E-state index in [1.807, 2.05) is 26.1 Å². The number of aromatic amines is 1. The third kappa shape index (κ3) is 4.36. The Hall–Kier alpha value is -2.72. The van der Waals surface area contributed by atoms with Crippen molar-refractivity contribution in [3.63, 3.8) is 0 Å². The number of hydrogen-bond acceptors (Lipinski definition) is 7. The summed E-state index contributed by atoms with van der Waals surface area (Å²) in [6.07, 6.45) is 7.27. The first-order valence-electron chi connectivity index (χ1n) is 11.9. The van der Waals surface area contributed by atoms with E-state index in [2.05, 4.69) is 32.8 Å². The lowest BCUT2D eigenvalue weighted by molar-refractivity contribution is 0.233. The first kappa shape index (κ1) is 23.0. The summed E-state index contributed by atoms with van der Waals surface area (Å²) in [4.78, 5) is 19.6. The molecule has 3 aromatic heterocycles. The Morgan fingerprint density at radius 1 is 1.21 bits per heavy atom. The molecule has 0 amide bonds. The van der Waals surface area contributed by atoms with E-state index in [1.54, 1.807) is 10.6 Å². The van der Waals surface area contributed by atoms with Gasteiger partial charge in [-0.05, 0) is 39.7 Å². The van der Waals surface area contributed by atoms with E-state index in [9.17, 15) is 8.42 Å². The van der Waals surface area contributed by atoms with Crippen molar-refractivity contribution in [2.75, 3.05) is 24.2 Å². The van der Waals surface area contributed by atoms with Crippen LogP contribution in [-0.4, -0.2) is 64.2 Å². The van der Waals surface area contributed by atoms with E-state index in [-0.39, 0.29) is 18.1 Å². The normalized spacial score (nSPS) is 20.1. The lowest BCUT2D eigenvalue weighted by Crippen LogP contribution is -2.41. The zero-order chi connectivity index (χ0) is 24.0. The van der Waals surface area contributed by atoms with Crippen LogP contribution < -0.4 is 9.64 Å². The lowest BCUT2D eigenvalue weighted by atomic mass is 9.87. The van der Waals surface area contributed by atoms with Crippen LogP contribution >= 0.6 is 0 Å². The summed E-state index contributed by atoms with van der Waals surface area (Å²) in [6, 6.07) is 4.34. The van der Waals surface area contributed by atoms with Crippen molar-refractivity contribution in [3.05, 3.63) is 41.6 Å². The molecule has 34 heavy (non-hydrogen) atoms. The van der Waals surface area contributed by atoms with Crippen LogP contribution in [0.3, 0.4) is 0 Å². The number of pyridine rings is 1. The summed E-state index contributed by atoms with van der Waals surface area (Å²) >= 11 is 0. The average Bonchev–Trinajstić information content (AvgIpc) is 3.25. The Labute approximate surface area is 200 Å². The van der Waals surface area contributed by atoms with E-state index in [0.717, 1.165) is 47.4 Å². The maximum absolute atomic E-state index is 12.0. The summed E-state index contributed by atoms with van der Waals surface area (Å²) in [5, 5.41) is 1.06. The van der Waals surface area contributed by atoms with Gasteiger partial charge >= 0.3 is 0 Å². The summed E-state index contributed by atoms with van der Waals surface area (Å²) in [5.41, 5.74) is 5.22. The molecule has 5 heterocycles. The molecule has 10 heteroatoms. The minimum atomic E-state index is -3.16. The van der Waals surface area contributed by atoms with Crippen molar-refractivity contribution in [1.29, 1.82) is 0 Å². The van der Waals surface area contributed by atoms with Crippen LogP contribution in [-0.2, 0) is 23.0 Å². The molecule has 0 saturated carbocycles. The number of rotatable bonds is 5. The van der Waals surface area contributed by atoms with Crippen LogP contribution in [0.1, 0.15) is 56.5 Å². The Balaban J connectivity index is 1.48. The zero-order valence-corrected chi connectivity index (χ0v) is 21.0. The predicted octanol–water partition coefficient (Wildman–Crippen LogP) is 3.23. The Bertz CT molecular complexity index is 1300. The number of nitrogens with one attached hydrogen (secondary N) is 1. The van der Waals surface area contributed by atoms with Crippen molar-refractivity contribution in [3.8, 4) is 5.88 Å². The standard InChI is InChI=1S/C24H32N6O3S/c1-15(2)33-22-12-21(18-5-8-25-24(18)28-22)30-13-19-20(11-16(30)3)26-14-27-23(19)17-6-9-29(10-7-17)34(4,31)32/h5,8,12,14-17H,6-7,9-11,13H2,1-4H3,(H,25,28). The second-order valence-corrected chi connectivity index (χ2v) is 11.7. The molecule has 3 aromatic rings. The number of aromatic nitrogens is 4. The second kappa shape index (κ2) is 8.81. The molecule has 0 radical (unpaired) electrons. The third-order valence-corrected chi connectivity index (χ3v) is 8.18. The molecule has 2 aliphatic rings. The van der Waals surface area contributed by atoms with Crippen LogP contribution in [0.2, 0.25) is 0 Å². The monoisotopic (exact) mass is 484 g/mol. The van der Waals surface area contributed by atoms with Crippen molar-refractivity contribution in [2.24, 2.45) is 0 Å². The summed E-state index contributed by atoms with van der Waals surface area (Å²) < 4.78 is 31.4. The van der Waals surface area contributed by atoms with Gasteiger partial charge in [0.1, 0.15) is 12.0 Å². The molecule has 0 spiro atoms. The van der Waals surface area contributed by atoms with Crippen molar-refractivity contribution >= 4 is 26.7 Å². The molecule has 5 rings (SSSR count). The second-order valence-electron chi connectivity index (χ2n) is 9.69. The van der Waals surface area contributed by atoms with Crippen LogP contribution in [0.5, 0.6) is 5.88 Å². The number of sulfonamides is 1. The van der Waals surface area contributed by atoms with E-state index >= 15 is 0 Å². The average molecular weight is 485 g/mol. The highest BCUT2D eigenvalue weighted by molar-refractivity contribution is 7.88. The molecule has 182 valence electrons. The van der Waals surface area contributed by atoms with E-state index < -0.39 is 10.0 Å². The molecule has 9 nitrogen and oxygen atoms in total. The van der Waals surface area contributed by atoms with Crippen LogP contribution in [0.4, 0.5) is 5.69 Å². The van der Waals surface area contributed by atoms with Crippen molar-refractivity contribution in [2.45, 2.75) is 64.6 Å². The number of anilines is 1. The van der Waals surface area contributed by atoms with Gasteiger partial charge in [-0.3, -0.25) is 0 Å². The van der Waals surface area contributed by atoms with Gasteiger partial charge in [0.15, 0.2) is 0 Å². The fraction of sp³-hybridized carbons (Fsp3) is 0.542. The predicted molar refractivity (Wildman–Crippen MR) is 132 cm³/mol. The SMILES string of the molecule is CC(C)Oc1cc(N2Cc3c(ncnc3C3CCN(S(C)(=O)=O)CC3)CC2C)c2cc[nH]c2n1. The van der Waals surface area contributed by atoms with Gasteiger partial charge in [0.2, 0.25) is 15.9 Å². The van der Waals surface area contributed by atoms with Crippen LogP contribution in [0.25, 0.3) is 11.0 Å². The van der Waals surface area contributed by atoms with Gasteiger partial charge in [0, 0.05) is 61.2 Å². The molecular weight excluding hydrogens is 452 g/mol. The van der Waals surface area contributed by atoms with E-state index in [0.29, 0.717) is 25.5 Å². The first-order chi connectivity index (χ1) is 16.2. The molecule has 2 aliphatic heterocycles. The highest BCUT2D eigenvalue weighted by Crippen LogP contribution is 2.38. The Morgan fingerprint density at radius 3 is 2.68 bits per heavy atom. The lowest BCUT2D eigenvalue weighted by Gasteiger charge is -2.38. The molecule has 1 N–H and O–H groups in total. The molecule has 1 fully saturated rings. The highest BCUT2D eigenvalue weighted by Gasteiger charge is 2.33. The summed E-state index contributed by atoms with van der Waals surface area (Å²) in [5.74, 6) is 0.838. The van der Waals surface area contributed by atoms with Crippen molar-refractivity contribution < 1.29 is 13.2 Å². The van der Waals surface area contributed by atoms with Gasteiger partial charge < -0.3 is 14.6 Å². The van der Waals surface area contributed by atoms with Gasteiger partial charge in [-0.25, -0.2) is 22.7 Å². The first-order valence-corrected chi connectivity index (χ1v) is 13.7. The number of nitrogens with zero attached hydrogens (tertiary/aromatic N) is 5. The van der Waals surface area contributed by atoms with Gasteiger partial charge in [-0.15, -0.1) is 0 Å². The topological polar surface area (TPSA) is 104 Å². The minimum absolute atomic E-state index is 0.0325. The molecule has 0 aromatic carbocycles. The Morgan fingerprint density at radius 2 is 1.97 bits per heavy atom. The fourth-order valence-corrected chi connectivity index (χ4v) is 6.07. The summed E-state index contributed by atoms with van der Waals surface area (Å²) in [7, 11) is -3.16. The highest BCUT2D eigenvalue weighted by atomic mass is 32.2. The largest absolute Gasteiger partial charge is 0.475 e. The number of ether oxygens (including phenoxy) is 1. The zero-order valence-electron chi connectivity index (χ0n) is 20.2. The number of piperidine rings is 1. The van der Waals surface area contributed by atoms with Crippen LogP contribution in [0.15, 0.2) is 24.7 Å². The minimum Gasteiger partial charge on any atom is -0.475 e. The van der Waals surface area contributed by atoms with Gasteiger partial charge in [-0.1, -0.05) is 0 Å². The molecule has 0 bridgehead atoms. The van der Waals surface area contributed by atoms with Gasteiger partial charge in [0.05, 0.1) is 29.4 Å². The molecule has 1 saturated heterocycles. The number of H-pyrrole nitrogens is 1. The maximum atomic E-state index is 12.0. The van der Waals surface area contributed by atoms with Crippen LogP contribution in [0, 0.1) is 0 Å². The van der Waals surface area contributed by atoms with E-state index in [4.69, 9.17) is 9.72 Å². The fourth-order valence-electron chi connectivity index (χ4n) is 5.20. The number of hydrogen-bond donors (Lipinski definition) is 1. The van der Waals surface area contributed by atoms with Gasteiger partial charge in [-0.2, -0.15) is 4.98 Å². The number of fused-ring (bicyclic) bond motifs is 2. The molecule has 0 aliphatic carbocycles. The molecular formula is C24H32N6O3S. The third-order valence-electron chi connectivity index (χ3n) is 6.88. The van der Waals surface area contributed by atoms with E-state index in [1.165, 1.54) is 11.8 Å². The quantitative estimate of drug-likeness (QED) is 0.593. The smallest absolute Gasteiger partial charge is 0.217 e.